The smallest absolute Gasteiger partial charge is 0.319 e. The van der Waals surface area contributed by atoms with Crippen LogP contribution in [-0.4, -0.2) is 23.1 Å². The Morgan fingerprint density at radius 1 is 1.40 bits per heavy atom. The maximum absolute atomic E-state index is 11.9. The van der Waals surface area contributed by atoms with Gasteiger partial charge in [-0.1, -0.05) is 29.6 Å². The van der Waals surface area contributed by atoms with E-state index in [1.165, 1.54) is 0 Å². The van der Waals surface area contributed by atoms with Crippen LogP contribution in [0.1, 0.15) is 31.2 Å². The minimum Gasteiger partial charge on any atom is -0.409 e. The summed E-state index contributed by atoms with van der Waals surface area (Å²) >= 11 is 6.02. The third-order valence-corrected chi connectivity index (χ3v) is 3.64. The molecule has 0 heterocycles. The van der Waals surface area contributed by atoms with E-state index in [-0.39, 0.29) is 17.9 Å². The molecular weight excluding hydrogens is 280 g/mol. The summed E-state index contributed by atoms with van der Waals surface area (Å²) in [5.41, 5.74) is 6.41. The summed E-state index contributed by atoms with van der Waals surface area (Å²) in [6.45, 7) is 0. The molecule has 1 aromatic carbocycles. The number of nitrogens with one attached hydrogen (secondary N) is 2. The molecule has 7 heteroatoms. The van der Waals surface area contributed by atoms with Crippen molar-refractivity contribution in [1.82, 2.24) is 5.32 Å². The summed E-state index contributed by atoms with van der Waals surface area (Å²) in [7, 11) is 0. The molecule has 0 saturated heterocycles. The minimum atomic E-state index is -0.296. The topological polar surface area (TPSA) is 99.7 Å². The zero-order valence-corrected chi connectivity index (χ0v) is 11.7. The third-order valence-electron chi connectivity index (χ3n) is 3.31. The number of oxime groups is 1. The van der Waals surface area contributed by atoms with Crippen molar-refractivity contribution < 1.29 is 10.0 Å². The van der Waals surface area contributed by atoms with Gasteiger partial charge in [0.1, 0.15) is 0 Å². The van der Waals surface area contributed by atoms with Gasteiger partial charge in [0.2, 0.25) is 0 Å². The van der Waals surface area contributed by atoms with Crippen molar-refractivity contribution in [2.24, 2.45) is 10.9 Å². The van der Waals surface area contributed by atoms with Gasteiger partial charge in [-0.3, -0.25) is 0 Å². The lowest BCUT2D eigenvalue weighted by Crippen LogP contribution is -2.36. The monoisotopic (exact) mass is 296 g/mol. The average Bonchev–Trinajstić information content (AvgIpc) is 2.93. The highest BCUT2D eigenvalue weighted by Gasteiger charge is 2.17. The molecule has 0 radical (unpaired) electrons. The average molecular weight is 297 g/mol. The molecule has 20 heavy (non-hydrogen) atoms. The zero-order valence-electron chi connectivity index (χ0n) is 10.9. The molecule has 0 spiro atoms. The fourth-order valence-electron chi connectivity index (χ4n) is 2.25. The number of rotatable bonds is 3. The molecule has 0 aliphatic heterocycles. The number of nitrogens with zero attached hydrogens (tertiary/aromatic N) is 1. The van der Waals surface area contributed by atoms with Gasteiger partial charge in [0, 0.05) is 11.6 Å². The lowest BCUT2D eigenvalue weighted by molar-refractivity contribution is 0.248. The molecule has 2 rings (SSSR count). The van der Waals surface area contributed by atoms with Crippen LogP contribution in [0.25, 0.3) is 0 Å². The van der Waals surface area contributed by atoms with Gasteiger partial charge in [-0.2, -0.15) is 0 Å². The number of halogens is 1. The molecule has 0 bridgehead atoms. The number of nitrogens with two attached hydrogens (primary N) is 1. The number of amides is 2. The number of urea groups is 1. The number of benzene rings is 1. The van der Waals surface area contributed by atoms with Crippen molar-refractivity contribution >= 4 is 29.2 Å². The second kappa shape index (κ2) is 6.47. The number of anilines is 1. The number of carbonyl (C=O) groups excluding carboxylic acids is 1. The SMILES string of the molecule is N/C(=N/O)c1ccc(Cl)c(NC(=O)NC2CCCC2)c1. The Hall–Kier alpha value is -1.95. The number of amidine groups is 1. The normalized spacial score (nSPS) is 16.1. The van der Waals surface area contributed by atoms with Gasteiger partial charge < -0.3 is 21.6 Å². The highest BCUT2D eigenvalue weighted by molar-refractivity contribution is 6.33. The molecule has 0 atom stereocenters. The van der Waals surface area contributed by atoms with Crippen molar-refractivity contribution in [1.29, 1.82) is 0 Å². The lowest BCUT2D eigenvalue weighted by Gasteiger charge is -2.14. The van der Waals surface area contributed by atoms with E-state index in [9.17, 15) is 4.79 Å². The molecule has 6 nitrogen and oxygen atoms in total. The van der Waals surface area contributed by atoms with Crippen molar-refractivity contribution in [3.05, 3.63) is 28.8 Å². The predicted molar refractivity (Wildman–Crippen MR) is 78.4 cm³/mol. The Morgan fingerprint density at radius 2 is 2.10 bits per heavy atom. The Labute approximate surface area is 122 Å². The standard InChI is InChI=1S/C13H17ClN4O2/c14-10-6-5-8(12(15)18-20)7-11(10)17-13(19)16-9-3-1-2-4-9/h5-7,9,20H,1-4H2,(H2,15,18)(H2,16,17,19). The van der Waals surface area contributed by atoms with Crippen molar-refractivity contribution in [3.8, 4) is 0 Å². The molecule has 1 fully saturated rings. The first-order chi connectivity index (χ1) is 9.60. The summed E-state index contributed by atoms with van der Waals surface area (Å²) in [6.07, 6.45) is 4.30. The first-order valence-corrected chi connectivity index (χ1v) is 6.83. The van der Waals surface area contributed by atoms with E-state index in [4.69, 9.17) is 22.5 Å². The van der Waals surface area contributed by atoms with E-state index >= 15 is 0 Å². The van der Waals surface area contributed by atoms with Gasteiger partial charge in [-0.25, -0.2) is 4.79 Å². The highest BCUT2D eigenvalue weighted by atomic mass is 35.5. The van der Waals surface area contributed by atoms with Crippen LogP contribution in [0.15, 0.2) is 23.4 Å². The Kier molecular flexibility index (Phi) is 4.68. The molecule has 0 unspecified atom stereocenters. The van der Waals surface area contributed by atoms with Crippen LogP contribution in [0.4, 0.5) is 10.5 Å². The first kappa shape index (κ1) is 14.5. The first-order valence-electron chi connectivity index (χ1n) is 6.45. The lowest BCUT2D eigenvalue weighted by atomic mass is 10.2. The Morgan fingerprint density at radius 3 is 2.75 bits per heavy atom. The number of carbonyl (C=O) groups is 1. The highest BCUT2D eigenvalue weighted by Crippen LogP contribution is 2.23. The molecule has 1 saturated carbocycles. The second-order valence-corrected chi connectivity index (χ2v) is 5.17. The molecule has 1 aliphatic carbocycles. The summed E-state index contributed by atoms with van der Waals surface area (Å²) < 4.78 is 0. The number of hydrogen-bond acceptors (Lipinski definition) is 3. The van der Waals surface area contributed by atoms with Crippen LogP contribution in [0.2, 0.25) is 5.02 Å². The van der Waals surface area contributed by atoms with Gasteiger partial charge >= 0.3 is 6.03 Å². The molecule has 108 valence electrons. The van der Waals surface area contributed by atoms with E-state index in [1.54, 1.807) is 18.2 Å². The van der Waals surface area contributed by atoms with Gasteiger partial charge in [0.05, 0.1) is 10.7 Å². The third kappa shape index (κ3) is 3.54. The molecule has 0 aromatic heterocycles. The molecule has 2 amide bonds. The predicted octanol–water partition coefficient (Wildman–Crippen LogP) is 2.50. The van der Waals surface area contributed by atoms with Crippen molar-refractivity contribution in [2.45, 2.75) is 31.7 Å². The van der Waals surface area contributed by atoms with Crippen LogP contribution in [0.3, 0.4) is 0 Å². The van der Waals surface area contributed by atoms with Crippen molar-refractivity contribution in [2.75, 3.05) is 5.32 Å². The maximum atomic E-state index is 11.9. The van der Waals surface area contributed by atoms with E-state index in [0.717, 1.165) is 25.7 Å². The largest absolute Gasteiger partial charge is 0.409 e. The van der Waals surface area contributed by atoms with Gasteiger partial charge in [-0.05, 0) is 31.0 Å². The van der Waals surface area contributed by atoms with Crippen LogP contribution in [0.5, 0.6) is 0 Å². The minimum absolute atomic E-state index is 0.0408. The fraction of sp³-hybridized carbons (Fsp3) is 0.385. The van der Waals surface area contributed by atoms with Crippen molar-refractivity contribution in [3.63, 3.8) is 0 Å². The molecule has 1 aromatic rings. The van der Waals surface area contributed by atoms with Crippen LogP contribution >= 0.6 is 11.6 Å². The van der Waals surface area contributed by atoms with Crippen LogP contribution in [-0.2, 0) is 0 Å². The molecule has 5 N–H and O–H groups in total. The van der Waals surface area contributed by atoms with E-state index < -0.39 is 0 Å². The van der Waals surface area contributed by atoms with Crippen LogP contribution < -0.4 is 16.4 Å². The zero-order chi connectivity index (χ0) is 14.5. The quantitative estimate of drug-likeness (QED) is 0.298. The second-order valence-electron chi connectivity index (χ2n) is 4.76. The fourth-order valence-corrected chi connectivity index (χ4v) is 2.42. The van der Waals surface area contributed by atoms with E-state index in [0.29, 0.717) is 16.3 Å². The molecular formula is C13H17ClN4O2. The summed E-state index contributed by atoms with van der Waals surface area (Å²) in [5, 5.41) is 17.5. The van der Waals surface area contributed by atoms with Gasteiger partial charge in [0.15, 0.2) is 5.84 Å². The number of hydrogen-bond donors (Lipinski definition) is 4. The summed E-state index contributed by atoms with van der Waals surface area (Å²) in [6, 6.07) is 4.68. The van der Waals surface area contributed by atoms with E-state index in [1.807, 2.05) is 0 Å². The Balaban J connectivity index is 2.05. The van der Waals surface area contributed by atoms with Crippen LogP contribution in [0, 0.1) is 0 Å². The summed E-state index contributed by atoms with van der Waals surface area (Å²) in [4.78, 5) is 11.9. The maximum Gasteiger partial charge on any atom is 0.319 e. The van der Waals surface area contributed by atoms with Gasteiger partial charge in [0.25, 0.3) is 0 Å². The van der Waals surface area contributed by atoms with Gasteiger partial charge in [-0.15, -0.1) is 0 Å². The molecule has 1 aliphatic rings. The summed E-state index contributed by atoms with van der Waals surface area (Å²) in [5.74, 6) is -0.0408. The van der Waals surface area contributed by atoms with E-state index in [2.05, 4.69) is 15.8 Å². The Bertz CT molecular complexity index is 527.